The molecule has 6 nitrogen and oxygen atoms in total. The van der Waals surface area contributed by atoms with E-state index in [9.17, 15) is 14.4 Å². The molecule has 2 N–H and O–H groups in total. The van der Waals surface area contributed by atoms with Gasteiger partial charge in [-0.2, -0.15) is 0 Å². The fourth-order valence-corrected chi connectivity index (χ4v) is 2.29. The van der Waals surface area contributed by atoms with Gasteiger partial charge in [0.2, 0.25) is 5.91 Å². The van der Waals surface area contributed by atoms with Crippen molar-refractivity contribution in [2.45, 2.75) is 6.92 Å². The van der Waals surface area contributed by atoms with Crippen molar-refractivity contribution >= 4 is 34.2 Å². The van der Waals surface area contributed by atoms with E-state index in [1.54, 1.807) is 48.5 Å². The van der Waals surface area contributed by atoms with Crippen molar-refractivity contribution in [3.63, 3.8) is 0 Å². The Morgan fingerprint density at radius 1 is 0.917 bits per heavy atom. The number of amides is 2. The summed E-state index contributed by atoms with van der Waals surface area (Å²) >= 11 is 0. The number of nitrogens with one attached hydrogen (secondary N) is 2. The summed E-state index contributed by atoms with van der Waals surface area (Å²) in [5.74, 6) is -0.512. The average molecular weight is 322 g/mol. The molecular formula is C18H14N2O4. The predicted octanol–water partition coefficient (Wildman–Crippen LogP) is 3.00. The SMILES string of the molecule is CC(=O)Nc1cccc(C(=O)Nc2ccc3oc(=O)ccc3c2)c1. The third kappa shape index (κ3) is 3.49. The highest BCUT2D eigenvalue weighted by molar-refractivity contribution is 6.06. The van der Waals surface area contributed by atoms with Crippen LogP contribution in [-0.2, 0) is 4.79 Å². The van der Waals surface area contributed by atoms with Crippen LogP contribution in [0.5, 0.6) is 0 Å². The molecule has 0 aliphatic heterocycles. The average Bonchev–Trinajstić information content (AvgIpc) is 2.54. The van der Waals surface area contributed by atoms with Gasteiger partial charge in [0.05, 0.1) is 0 Å². The summed E-state index contributed by atoms with van der Waals surface area (Å²) in [6.45, 7) is 1.40. The molecule has 0 fully saturated rings. The molecule has 0 saturated carbocycles. The molecule has 0 spiro atoms. The zero-order valence-corrected chi connectivity index (χ0v) is 12.8. The number of carbonyl (C=O) groups is 2. The van der Waals surface area contributed by atoms with Gasteiger partial charge in [-0.25, -0.2) is 4.79 Å². The number of rotatable bonds is 3. The molecule has 0 bridgehead atoms. The lowest BCUT2D eigenvalue weighted by Crippen LogP contribution is -2.13. The molecule has 0 unspecified atom stereocenters. The van der Waals surface area contributed by atoms with E-state index >= 15 is 0 Å². The Bertz CT molecular complexity index is 991. The van der Waals surface area contributed by atoms with Gasteiger partial charge in [-0.3, -0.25) is 9.59 Å². The molecule has 3 aromatic rings. The summed E-state index contributed by atoms with van der Waals surface area (Å²) < 4.78 is 5.05. The van der Waals surface area contributed by atoms with Crippen LogP contribution in [-0.4, -0.2) is 11.8 Å². The molecule has 0 atom stereocenters. The Morgan fingerprint density at radius 2 is 1.71 bits per heavy atom. The van der Waals surface area contributed by atoms with Gasteiger partial charge in [0, 0.05) is 35.3 Å². The van der Waals surface area contributed by atoms with Gasteiger partial charge in [-0.05, 0) is 42.5 Å². The van der Waals surface area contributed by atoms with Crippen LogP contribution >= 0.6 is 0 Å². The maximum absolute atomic E-state index is 12.3. The van der Waals surface area contributed by atoms with Crippen molar-refractivity contribution in [3.8, 4) is 0 Å². The molecular weight excluding hydrogens is 308 g/mol. The molecule has 0 aliphatic rings. The maximum atomic E-state index is 12.3. The zero-order valence-electron chi connectivity index (χ0n) is 12.8. The van der Waals surface area contributed by atoms with Crippen LogP contribution in [0, 0.1) is 0 Å². The van der Waals surface area contributed by atoms with Crippen LogP contribution < -0.4 is 16.3 Å². The normalized spacial score (nSPS) is 10.4. The molecule has 120 valence electrons. The first-order chi connectivity index (χ1) is 11.5. The molecule has 2 aromatic carbocycles. The number of benzene rings is 2. The van der Waals surface area contributed by atoms with Crippen LogP contribution in [0.2, 0.25) is 0 Å². The van der Waals surface area contributed by atoms with E-state index in [0.717, 1.165) is 0 Å². The van der Waals surface area contributed by atoms with Crippen molar-refractivity contribution < 1.29 is 14.0 Å². The van der Waals surface area contributed by atoms with Crippen LogP contribution in [0.1, 0.15) is 17.3 Å². The Labute approximate surface area is 137 Å². The van der Waals surface area contributed by atoms with E-state index in [1.165, 1.54) is 13.0 Å². The summed E-state index contributed by atoms with van der Waals surface area (Å²) in [5, 5.41) is 6.11. The summed E-state index contributed by atoms with van der Waals surface area (Å²) in [5.41, 5.74) is 1.57. The van der Waals surface area contributed by atoms with Crippen LogP contribution in [0.4, 0.5) is 11.4 Å². The molecule has 0 radical (unpaired) electrons. The third-order valence-corrected chi connectivity index (χ3v) is 3.32. The van der Waals surface area contributed by atoms with E-state index in [1.807, 2.05) is 0 Å². The second kappa shape index (κ2) is 6.37. The first kappa shape index (κ1) is 15.5. The van der Waals surface area contributed by atoms with Crippen LogP contribution in [0.25, 0.3) is 11.0 Å². The Kier molecular flexibility index (Phi) is 4.11. The Hall–Kier alpha value is -3.41. The van der Waals surface area contributed by atoms with Crippen molar-refractivity contribution in [2.24, 2.45) is 0 Å². The van der Waals surface area contributed by atoms with Gasteiger partial charge >= 0.3 is 5.63 Å². The minimum atomic E-state index is -0.422. The fourth-order valence-electron chi connectivity index (χ4n) is 2.29. The molecule has 2 amide bonds. The van der Waals surface area contributed by atoms with Gasteiger partial charge in [-0.1, -0.05) is 6.07 Å². The summed E-state index contributed by atoms with van der Waals surface area (Å²) in [7, 11) is 0. The molecule has 1 heterocycles. The van der Waals surface area contributed by atoms with Gasteiger partial charge < -0.3 is 15.1 Å². The smallest absolute Gasteiger partial charge is 0.336 e. The Balaban J connectivity index is 1.83. The second-order valence-electron chi connectivity index (χ2n) is 5.22. The van der Waals surface area contributed by atoms with Crippen LogP contribution in [0.15, 0.2) is 63.8 Å². The number of hydrogen-bond donors (Lipinski definition) is 2. The van der Waals surface area contributed by atoms with E-state index in [2.05, 4.69) is 10.6 Å². The van der Waals surface area contributed by atoms with Crippen LogP contribution in [0.3, 0.4) is 0 Å². The zero-order chi connectivity index (χ0) is 17.1. The number of carbonyl (C=O) groups excluding carboxylic acids is 2. The maximum Gasteiger partial charge on any atom is 0.336 e. The van der Waals surface area contributed by atoms with E-state index < -0.39 is 5.63 Å². The molecule has 3 rings (SSSR count). The van der Waals surface area contributed by atoms with E-state index in [0.29, 0.717) is 27.9 Å². The van der Waals surface area contributed by atoms with E-state index in [-0.39, 0.29) is 11.8 Å². The van der Waals surface area contributed by atoms with Gasteiger partial charge in [0.1, 0.15) is 5.58 Å². The molecule has 0 aliphatic carbocycles. The highest BCUT2D eigenvalue weighted by Crippen LogP contribution is 2.19. The van der Waals surface area contributed by atoms with Gasteiger partial charge in [0.15, 0.2) is 0 Å². The first-order valence-electron chi connectivity index (χ1n) is 7.24. The van der Waals surface area contributed by atoms with Crippen molar-refractivity contribution in [1.29, 1.82) is 0 Å². The second-order valence-corrected chi connectivity index (χ2v) is 5.22. The van der Waals surface area contributed by atoms with Crippen molar-refractivity contribution in [2.75, 3.05) is 10.6 Å². The lowest BCUT2D eigenvalue weighted by Gasteiger charge is -2.08. The van der Waals surface area contributed by atoms with Gasteiger partial charge in [-0.15, -0.1) is 0 Å². The fraction of sp³-hybridized carbons (Fsp3) is 0.0556. The first-order valence-corrected chi connectivity index (χ1v) is 7.24. The van der Waals surface area contributed by atoms with Crippen molar-refractivity contribution in [1.82, 2.24) is 0 Å². The minimum Gasteiger partial charge on any atom is -0.423 e. The number of hydrogen-bond acceptors (Lipinski definition) is 4. The van der Waals surface area contributed by atoms with E-state index in [4.69, 9.17) is 4.42 Å². The number of anilines is 2. The summed E-state index contributed by atoms with van der Waals surface area (Å²) in [6.07, 6.45) is 0. The largest absolute Gasteiger partial charge is 0.423 e. The third-order valence-electron chi connectivity index (χ3n) is 3.32. The van der Waals surface area contributed by atoms with Crippen molar-refractivity contribution in [3.05, 3.63) is 70.6 Å². The monoisotopic (exact) mass is 322 g/mol. The quantitative estimate of drug-likeness (QED) is 0.726. The lowest BCUT2D eigenvalue weighted by molar-refractivity contribution is -0.114. The van der Waals surface area contributed by atoms with Gasteiger partial charge in [0.25, 0.3) is 5.91 Å². The Morgan fingerprint density at radius 3 is 2.50 bits per heavy atom. The minimum absolute atomic E-state index is 0.205. The molecule has 1 aromatic heterocycles. The molecule has 24 heavy (non-hydrogen) atoms. The highest BCUT2D eigenvalue weighted by atomic mass is 16.4. The molecule has 6 heteroatoms. The lowest BCUT2D eigenvalue weighted by atomic mass is 10.1. The summed E-state index contributed by atoms with van der Waals surface area (Å²) in [6, 6.07) is 14.6. The number of fused-ring (bicyclic) bond motifs is 1. The standard InChI is InChI=1S/C18H14N2O4/c1-11(21)19-14-4-2-3-13(10-14)18(23)20-15-6-7-16-12(9-15)5-8-17(22)24-16/h2-10H,1H3,(H,19,21)(H,20,23). The topological polar surface area (TPSA) is 88.4 Å². The summed E-state index contributed by atoms with van der Waals surface area (Å²) in [4.78, 5) is 34.6. The molecule has 0 saturated heterocycles. The predicted molar refractivity (Wildman–Crippen MR) is 91.2 cm³/mol. The highest BCUT2D eigenvalue weighted by Gasteiger charge is 2.08.